The summed E-state index contributed by atoms with van der Waals surface area (Å²) in [6.45, 7) is 4.13. The van der Waals surface area contributed by atoms with Crippen LogP contribution in [-0.2, 0) is 4.79 Å². The van der Waals surface area contributed by atoms with Gasteiger partial charge in [0.05, 0.1) is 11.4 Å². The van der Waals surface area contributed by atoms with E-state index in [0.29, 0.717) is 11.4 Å². The normalized spacial score (nSPS) is 18.0. The number of amides is 1. The quantitative estimate of drug-likeness (QED) is 0.464. The smallest absolute Gasteiger partial charge is 0.241 e. The van der Waals surface area contributed by atoms with Gasteiger partial charge in [-0.15, -0.1) is 0 Å². The number of benzene rings is 1. The number of hydrogen-bond acceptors (Lipinski definition) is 5. The molecule has 0 radical (unpaired) electrons. The van der Waals surface area contributed by atoms with E-state index in [2.05, 4.69) is 35.9 Å². The third kappa shape index (κ3) is 5.84. The second-order valence-corrected chi connectivity index (χ2v) is 7.31. The van der Waals surface area contributed by atoms with Crippen molar-refractivity contribution in [2.24, 2.45) is 11.1 Å². The molecule has 1 amide bonds. The standard InChI is InChI=1S/C22H30N4O2/c1-22(2)13-5-6-18(17(23)14-22)26-19(27)12-9-15-7-10-16(11-8-15)20(24-3)21(28)25-4/h5-14,19-20,24,26-27H,23H2,1-4H3,(H,25,28)/b12-9+. The molecule has 1 aliphatic carbocycles. The first-order valence-electron chi connectivity index (χ1n) is 9.25. The van der Waals surface area contributed by atoms with Crippen LogP contribution >= 0.6 is 0 Å². The minimum atomic E-state index is -0.886. The van der Waals surface area contributed by atoms with Crippen molar-refractivity contribution in [3.63, 3.8) is 0 Å². The van der Waals surface area contributed by atoms with Crippen molar-refractivity contribution in [3.05, 3.63) is 77.2 Å². The van der Waals surface area contributed by atoms with Crippen molar-refractivity contribution in [1.29, 1.82) is 0 Å². The third-order valence-electron chi connectivity index (χ3n) is 4.47. The summed E-state index contributed by atoms with van der Waals surface area (Å²) in [6, 6.07) is 7.17. The minimum absolute atomic E-state index is 0.0926. The van der Waals surface area contributed by atoms with Crippen LogP contribution in [0.4, 0.5) is 0 Å². The van der Waals surface area contributed by atoms with Crippen molar-refractivity contribution in [2.45, 2.75) is 26.1 Å². The van der Waals surface area contributed by atoms with Gasteiger partial charge in [0, 0.05) is 12.5 Å². The molecule has 2 rings (SSSR count). The minimum Gasteiger partial charge on any atom is -0.397 e. The Labute approximate surface area is 166 Å². The van der Waals surface area contributed by atoms with Gasteiger partial charge in [-0.3, -0.25) is 4.79 Å². The number of nitrogens with two attached hydrogens (primary N) is 1. The van der Waals surface area contributed by atoms with Gasteiger partial charge in [-0.25, -0.2) is 0 Å². The number of likely N-dealkylation sites (N-methyl/N-ethyl adjacent to an activating group) is 2. The highest BCUT2D eigenvalue weighted by atomic mass is 16.3. The summed E-state index contributed by atoms with van der Waals surface area (Å²) in [5.41, 5.74) is 9.04. The number of aliphatic hydroxyl groups is 1. The first kappa shape index (κ1) is 21.5. The fraction of sp³-hybridized carbons (Fsp3) is 0.318. The Hall–Kier alpha value is -2.83. The van der Waals surface area contributed by atoms with Crippen molar-refractivity contribution in [1.82, 2.24) is 16.0 Å². The fourth-order valence-corrected chi connectivity index (χ4v) is 2.95. The third-order valence-corrected chi connectivity index (χ3v) is 4.47. The fourth-order valence-electron chi connectivity index (χ4n) is 2.95. The molecule has 1 aromatic carbocycles. The Kier molecular flexibility index (Phi) is 7.20. The van der Waals surface area contributed by atoms with Gasteiger partial charge in [0.25, 0.3) is 0 Å². The van der Waals surface area contributed by atoms with E-state index in [1.807, 2.05) is 48.6 Å². The zero-order chi connectivity index (χ0) is 20.7. The summed E-state index contributed by atoms with van der Waals surface area (Å²) in [7, 11) is 3.36. The molecule has 150 valence electrons. The average molecular weight is 383 g/mol. The zero-order valence-corrected chi connectivity index (χ0v) is 16.9. The number of carbonyl (C=O) groups is 1. The lowest BCUT2D eigenvalue weighted by Crippen LogP contribution is -2.33. The maximum atomic E-state index is 11.9. The van der Waals surface area contributed by atoms with Crippen LogP contribution < -0.4 is 21.7 Å². The molecule has 0 aromatic heterocycles. The molecule has 2 atom stereocenters. The van der Waals surface area contributed by atoms with E-state index in [1.165, 1.54) is 0 Å². The number of allylic oxidation sites excluding steroid dienone is 4. The van der Waals surface area contributed by atoms with E-state index in [1.54, 1.807) is 20.2 Å². The maximum Gasteiger partial charge on any atom is 0.241 e. The molecule has 0 fully saturated rings. The highest BCUT2D eigenvalue weighted by molar-refractivity contribution is 5.82. The van der Waals surface area contributed by atoms with Crippen LogP contribution in [0.1, 0.15) is 31.0 Å². The summed E-state index contributed by atoms with van der Waals surface area (Å²) < 4.78 is 0. The van der Waals surface area contributed by atoms with Crippen LogP contribution in [0.15, 0.2) is 66.0 Å². The van der Waals surface area contributed by atoms with Crippen LogP contribution in [0, 0.1) is 5.41 Å². The predicted octanol–water partition coefficient (Wildman–Crippen LogP) is 1.94. The average Bonchev–Trinajstić information content (AvgIpc) is 2.78. The topological polar surface area (TPSA) is 99.4 Å². The number of carbonyl (C=O) groups excluding carboxylic acids is 1. The van der Waals surface area contributed by atoms with Crippen LogP contribution in [-0.4, -0.2) is 31.3 Å². The van der Waals surface area contributed by atoms with Gasteiger partial charge in [0.1, 0.15) is 12.3 Å². The zero-order valence-electron chi connectivity index (χ0n) is 16.9. The van der Waals surface area contributed by atoms with E-state index >= 15 is 0 Å². The van der Waals surface area contributed by atoms with Crippen molar-refractivity contribution in [3.8, 4) is 0 Å². The van der Waals surface area contributed by atoms with Gasteiger partial charge in [-0.2, -0.15) is 0 Å². The summed E-state index contributed by atoms with van der Waals surface area (Å²) in [4.78, 5) is 11.9. The Morgan fingerprint density at radius 2 is 1.89 bits per heavy atom. The summed E-state index contributed by atoms with van der Waals surface area (Å²) in [6.07, 6.45) is 10.4. The van der Waals surface area contributed by atoms with Crippen molar-refractivity contribution < 1.29 is 9.90 Å². The van der Waals surface area contributed by atoms with Crippen molar-refractivity contribution in [2.75, 3.05) is 14.1 Å². The Bertz CT molecular complexity index is 804. The maximum absolute atomic E-state index is 11.9. The lowest BCUT2D eigenvalue weighted by Gasteiger charge is -2.17. The lowest BCUT2D eigenvalue weighted by molar-refractivity contribution is -0.122. The molecular formula is C22H30N4O2. The van der Waals surface area contributed by atoms with Gasteiger partial charge < -0.3 is 26.8 Å². The molecule has 28 heavy (non-hydrogen) atoms. The molecule has 1 aliphatic rings. The molecule has 6 nitrogen and oxygen atoms in total. The van der Waals surface area contributed by atoms with Crippen LogP contribution in [0.3, 0.4) is 0 Å². The predicted molar refractivity (Wildman–Crippen MR) is 114 cm³/mol. The largest absolute Gasteiger partial charge is 0.397 e. The first-order chi connectivity index (χ1) is 13.3. The molecule has 0 spiro atoms. The van der Waals surface area contributed by atoms with E-state index in [4.69, 9.17) is 5.73 Å². The molecule has 6 heteroatoms. The van der Waals surface area contributed by atoms with Crippen LogP contribution in [0.25, 0.3) is 6.08 Å². The number of nitrogens with one attached hydrogen (secondary N) is 3. The molecule has 0 aliphatic heterocycles. The summed E-state index contributed by atoms with van der Waals surface area (Å²) in [5, 5.41) is 18.9. The van der Waals surface area contributed by atoms with Gasteiger partial charge in [-0.1, -0.05) is 56.3 Å². The molecule has 1 aromatic rings. The molecular weight excluding hydrogens is 352 g/mol. The number of hydrogen-bond donors (Lipinski definition) is 5. The second kappa shape index (κ2) is 9.39. The molecule has 2 unspecified atom stereocenters. The van der Waals surface area contributed by atoms with Gasteiger partial charge in [0.2, 0.25) is 5.91 Å². The first-order valence-corrected chi connectivity index (χ1v) is 9.25. The van der Waals surface area contributed by atoms with Gasteiger partial charge >= 0.3 is 0 Å². The second-order valence-electron chi connectivity index (χ2n) is 7.31. The lowest BCUT2D eigenvalue weighted by atomic mass is 9.92. The van der Waals surface area contributed by atoms with E-state index in [9.17, 15) is 9.90 Å². The highest BCUT2D eigenvalue weighted by Gasteiger charge is 2.17. The van der Waals surface area contributed by atoms with Crippen LogP contribution in [0.5, 0.6) is 0 Å². The molecule has 0 saturated carbocycles. The number of rotatable bonds is 7. The molecule has 6 N–H and O–H groups in total. The highest BCUT2D eigenvalue weighted by Crippen LogP contribution is 2.24. The van der Waals surface area contributed by atoms with E-state index < -0.39 is 12.3 Å². The Balaban J connectivity index is 2.03. The molecule has 0 bridgehead atoms. The Morgan fingerprint density at radius 3 is 2.50 bits per heavy atom. The summed E-state index contributed by atoms with van der Waals surface area (Å²) in [5.74, 6) is -0.0926. The number of aliphatic hydroxyl groups excluding tert-OH is 1. The van der Waals surface area contributed by atoms with Crippen molar-refractivity contribution >= 4 is 12.0 Å². The molecule has 0 saturated heterocycles. The van der Waals surface area contributed by atoms with Gasteiger partial charge in [0.15, 0.2) is 0 Å². The molecule has 0 heterocycles. The van der Waals surface area contributed by atoms with Crippen LogP contribution in [0.2, 0.25) is 0 Å². The summed E-state index contributed by atoms with van der Waals surface area (Å²) >= 11 is 0. The SMILES string of the molecule is CNC(=O)C(NC)c1ccc(/C=C/C(O)NC2=CC=CC(C)(C)C=C2N)cc1. The van der Waals surface area contributed by atoms with E-state index in [-0.39, 0.29) is 11.3 Å². The Morgan fingerprint density at radius 1 is 1.21 bits per heavy atom. The monoisotopic (exact) mass is 382 g/mol. The van der Waals surface area contributed by atoms with E-state index in [0.717, 1.165) is 11.1 Å². The van der Waals surface area contributed by atoms with Gasteiger partial charge in [-0.05, 0) is 36.4 Å².